The highest BCUT2D eigenvalue weighted by molar-refractivity contribution is 5.37. The molecular weight excluding hydrogens is 334 g/mol. The lowest BCUT2D eigenvalue weighted by atomic mass is 9.96. The predicted octanol–water partition coefficient (Wildman–Crippen LogP) is 0.670. The molecule has 1 N–H and O–H groups in total. The summed E-state index contributed by atoms with van der Waals surface area (Å²) in [6, 6.07) is 3.07. The fourth-order valence-electron chi connectivity index (χ4n) is 3.24. The molecule has 1 saturated heterocycles. The molecule has 0 bridgehead atoms. The van der Waals surface area contributed by atoms with Crippen LogP contribution in [0.25, 0.3) is 0 Å². The van der Waals surface area contributed by atoms with E-state index in [0.29, 0.717) is 18.3 Å². The summed E-state index contributed by atoms with van der Waals surface area (Å²) in [5, 5.41) is 0. The van der Waals surface area contributed by atoms with Gasteiger partial charge in [0, 0.05) is 38.8 Å². The van der Waals surface area contributed by atoms with Crippen LogP contribution in [0.2, 0.25) is 0 Å². The average Bonchev–Trinajstić information content (AvgIpc) is 2.61. The van der Waals surface area contributed by atoms with Crippen LogP contribution >= 0.6 is 0 Å². The summed E-state index contributed by atoms with van der Waals surface area (Å²) in [7, 11) is 1.45. The van der Waals surface area contributed by atoms with Gasteiger partial charge in [0.1, 0.15) is 5.82 Å². The lowest BCUT2D eigenvalue weighted by Crippen LogP contribution is -2.40. The first-order chi connectivity index (χ1) is 12.3. The van der Waals surface area contributed by atoms with Gasteiger partial charge in [-0.05, 0) is 24.7 Å². The smallest absolute Gasteiger partial charge is 0.329 e. The Morgan fingerprint density at radius 2 is 1.85 bits per heavy atom. The van der Waals surface area contributed by atoms with E-state index in [1.807, 2.05) is 18.7 Å². The third kappa shape index (κ3) is 3.79. The molecule has 8 heteroatoms. The SMILES string of the molecule is CC(C)c1cc(=O)n(CC2CCN(c3cc(=O)n(C)c(=O)[nH]3)CC2)cn1. The highest BCUT2D eigenvalue weighted by Gasteiger charge is 2.21. The number of aromatic amines is 1. The van der Waals surface area contributed by atoms with Gasteiger partial charge >= 0.3 is 5.69 Å². The number of rotatable bonds is 4. The normalized spacial score (nSPS) is 15.6. The van der Waals surface area contributed by atoms with Crippen molar-refractivity contribution in [2.45, 2.75) is 39.2 Å². The molecule has 0 aliphatic carbocycles. The molecule has 1 fully saturated rings. The molecular formula is C18H25N5O3. The van der Waals surface area contributed by atoms with Crippen LogP contribution in [0, 0.1) is 5.92 Å². The van der Waals surface area contributed by atoms with Crippen molar-refractivity contribution in [1.82, 2.24) is 19.1 Å². The molecule has 0 radical (unpaired) electrons. The number of anilines is 1. The van der Waals surface area contributed by atoms with Crippen LogP contribution in [0.5, 0.6) is 0 Å². The van der Waals surface area contributed by atoms with Crippen molar-refractivity contribution in [2.24, 2.45) is 13.0 Å². The molecule has 0 spiro atoms. The van der Waals surface area contributed by atoms with E-state index >= 15 is 0 Å². The maximum atomic E-state index is 12.2. The molecule has 0 saturated carbocycles. The number of nitrogens with one attached hydrogen (secondary N) is 1. The van der Waals surface area contributed by atoms with Gasteiger partial charge < -0.3 is 4.90 Å². The van der Waals surface area contributed by atoms with Gasteiger partial charge in [-0.3, -0.25) is 23.7 Å². The largest absolute Gasteiger partial charge is 0.358 e. The second-order valence-corrected chi connectivity index (χ2v) is 7.25. The number of hydrogen-bond donors (Lipinski definition) is 1. The Morgan fingerprint density at radius 1 is 1.15 bits per heavy atom. The predicted molar refractivity (Wildman–Crippen MR) is 99.8 cm³/mol. The maximum absolute atomic E-state index is 12.2. The second-order valence-electron chi connectivity index (χ2n) is 7.25. The first-order valence-corrected chi connectivity index (χ1v) is 8.97. The maximum Gasteiger partial charge on any atom is 0.329 e. The topological polar surface area (TPSA) is 93.0 Å². The Balaban J connectivity index is 1.65. The Kier molecular flexibility index (Phi) is 5.11. The standard InChI is InChI=1S/C18H25N5O3/c1-12(2)14-8-17(25)23(11-19-14)10-13-4-6-22(7-5-13)15-9-16(24)21(3)18(26)20-15/h8-9,11-13H,4-7,10H2,1-3H3,(H,20,26). The molecule has 26 heavy (non-hydrogen) atoms. The number of hydrogen-bond acceptors (Lipinski definition) is 5. The second kappa shape index (κ2) is 7.31. The highest BCUT2D eigenvalue weighted by Crippen LogP contribution is 2.21. The van der Waals surface area contributed by atoms with E-state index in [9.17, 15) is 14.4 Å². The Bertz CT molecular complexity index is 917. The molecule has 2 aromatic heterocycles. The zero-order valence-corrected chi connectivity index (χ0v) is 15.4. The summed E-state index contributed by atoms with van der Waals surface area (Å²) in [4.78, 5) is 44.9. The van der Waals surface area contributed by atoms with Crippen molar-refractivity contribution in [3.05, 3.63) is 55.3 Å². The first kappa shape index (κ1) is 18.2. The van der Waals surface area contributed by atoms with Crippen molar-refractivity contribution >= 4 is 5.82 Å². The van der Waals surface area contributed by atoms with E-state index in [4.69, 9.17) is 0 Å². The van der Waals surface area contributed by atoms with E-state index in [2.05, 4.69) is 9.97 Å². The van der Waals surface area contributed by atoms with E-state index < -0.39 is 5.69 Å². The lowest BCUT2D eigenvalue weighted by molar-refractivity contribution is 0.349. The molecule has 1 aliphatic heterocycles. The molecule has 1 aliphatic rings. The number of nitrogens with zero attached hydrogens (tertiary/aromatic N) is 4. The van der Waals surface area contributed by atoms with Crippen LogP contribution in [0.3, 0.4) is 0 Å². The summed E-state index contributed by atoms with van der Waals surface area (Å²) < 4.78 is 2.73. The van der Waals surface area contributed by atoms with E-state index in [0.717, 1.165) is 36.2 Å². The number of piperidine rings is 1. The monoisotopic (exact) mass is 359 g/mol. The Labute approximate surface area is 151 Å². The van der Waals surface area contributed by atoms with Crippen LogP contribution in [-0.2, 0) is 13.6 Å². The highest BCUT2D eigenvalue weighted by atomic mass is 16.2. The van der Waals surface area contributed by atoms with Gasteiger partial charge in [-0.25, -0.2) is 9.78 Å². The quantitative estimate of drug-likeness (QED) is 0.866. The summed E-state index contributed by atoms with van der Waals surface area (Å²) in [5.41, 5.74) is 0.0870. The molecule has 0 amide bonds. The van der Waals surface area contributed by atoms with Gasteiger partial charge in [-0.15, -0.1) is 0 Å². The third-order valence-corrected chi connectivity index (χ3v) is 5.03. The molecule has 2 aromatic rings. The summed E-state index contributed by atoms with van der Waals surface area (Å²) in [6.07, 6.45) is 3.41. The van der Waals surface area contributed by atoms with Gasteiger partial charge in [-0.1, -0.05) is 13.8 Å². The van der Waals surface area contributed by atoms with Crippen LogP contribution in [-0.4, -0.2) is 32.2 Å². The third-order valence-electron chi connectivity index (χ3n) is 5.03. The van der Waals surface area contributed by atoms with Gasteiger partial charge in [0.25, 0.3) is 11.1 Å². The molecule has 140 valence electrons. The van der Waals surface area contributed by atoms with Crippen LogP contribution in [0.4, 0.5) is 5.82 Å². The van der Waals surface area contributed by atoms with Crippen LogP contribution in [0.15, 0.2) is 32.8 Å². The summed E-state index contributed by atoms with van der Waals surface area (Å²) in [6.45, 7) is 6.15. The summed E-state index contributed by atoms with van der Waals surface area (Å²) in [5.74, 6) is 1.17. The number of aromatic nitrogens is 4. The molecule has 0 unspecified atom stereocenters. The van der Waals surface area contributed by atoms with Gasteiger partial charge in [0.2, 0.25) is 0 Å². The first-order valence-electron chi connectivity index (χ1n) is 8.97. The van der Waals surface area contributed by atoms with Crippen LogP contribution in [0.1, 0.15) is 38.3 Å². The van der Waals surface area contributed by atoms with Gasteiger partial charge in [0.15, 0.2) is 0 Å². The fraction of sp³-hybridized carbons (Fsp3) is 0.556. The van der Waals surface area contributed by atoms with Crippen LogP contribution < -0.4 is 21.7 Å². The van der Waals surface area contributed by atoms with Crippen molar-refractivity contribution < 1.29 is 0 Å². The zero-order chi connectivity index (χ0) is 18.8. The Morgan fingerprint density at radius 3 is 2.42 bits per heavy atom. The number of H-pyrrole nitrogens is 1. The lowest BCUT2D eigenvalue weighted by Gasteiger charge is -2.33. The minimum atomic E-state index is -0.405. The van der Waals surface area contributed by atoms with E-state index in [-0.39, 0.29) is 17.0 Å². The molecule has 3 heterocycles. The molecule has 0 atom stereocenters. The minimum absolute atomic E-state index is 0.0120. The molecule has 0 aromatic carbocycles. The zero-order valence-electron chi connectivity index (χ0n) is 15.4. The van der Waals surface area contributed by atoms with E-state index in [1.54, 1.807) is 17.0 Å². The Hall–Kier alpha value is -2.64. The fourth-order valence-corrected chi connectivity index (χ4v) is 3.24. The van der Waals surface area contributed by atoms with Crippen molar-refractivity contribution in [3.63, 3.8) is 0 Å². The van der Waals surface area contributed by atoms with Crippen molar-refractivity contribution in [3.8, 4) is 0 Å². The van der Waals surface area contributed by atoms with E-state index in [1.165, 1.54) is 13.1 Å². The average molecular weight is 359 g/mol. The van der Waals surface area contributed by atoms with Gasteiger partial charge in [0.05, 0.1) is 12.0 Å². The van der Waals surface area contributed by atoms with Gasteiger partial charge in [-0.2, -0.15) is 0 Å². The molecule has 8 nitrogen and oxygen atoms in total. The molecule has 3 rings (SSSR count). The minimum Gasteiger partial charge on any atom is -0.358 e. The summed E-state index contributed by atoms with van der Waals surface area (Å²) >= 11 is 0. The van der Waals surface area contributed by atoms with Crippen molar-refractivity contribution in [1.29, 1.82) is 0 Å². The van der Waals surface area contributed by atoms with Crippen molar-refractivity contribution in [2.75, 3.05) is 18.0 Å².